The highest BCUT2D eigenvalue weighted by molar-refractivity contribution is 4.82. The van der Waals surface area contributed by atoms with E-state index >= 15 is 0 Å². The summed E-state index contributed by atoms with van der Waals surface area (Å²) in [4.78, 5) is 0. The molecule has 1 N–H and O–H groups in total. The van der Waals surface area contributed by atoms with Gasteiger partial charge in [0, 0.05) is 6.04 Å². The summed E-state index contributed by atoms with van der Waals surface area (Å²) >= 11 is 0. The van der Waals surface area contributed by atoms with Gasteiger partial charge >= 0.3 is 0 Å². The molecule has 1 heteroatoms. The Labute approximate surface area is 90.0 Å². The highest BCUT2D eigenvalue weighted by atomic mass is 14.9. The van der Waals surface area contributed by atoms with Crippen molar-refractivity contribution in [2.75, 3.05) is 6.54 Å². The summed E-state index contributed by atoms with van der Waals surface area (Å²) in [6, 6.07) is 0.625. The van der Waals surface area contributed by atoms with Crippen LogP contribution in [0.15, 0.2) is 12.2 Å². The molecule has 0 amide bonds. The Kier molecular flexibility index (Phi) is 7.87. The van der Waals surface area contributed by atoms with Gasteiger partial charge in [0.2, 0.25) is 0 Å². The lowest BCUT2D eigenvalue weighted by Crippen LogP contribution is -2.34. The molecule has 0 aliphatic rings. The normalized spacial score (nSPS) is 18.4. The molecule has 0 rings (SSSR count). The Hall–Kier alpha value is -0.300. The highest BCUT2D eigenvalue weighted by Crippen LogP contribution is 2.09. The minimum atomic E-state index is 0.625. The summed E-state index contributed by atoms with van der Waals surface area (Å²) in [5.41, 5.74) is 0. The lowest BCUT2D eigenvalue weighted by atomic mass is 9.98. The maximum atomic E-state index is 3.61. The Bertz CT molecular complexity index is 151. The zero-order chi connectivity index (χ0) is 11.0. The van der Waals surface area contributed by atoms with Gasteiger partial charge in [-0.15, -0.1) is 0 Å². The van der Waals surface area contributed by atoms with Crippen molar-refractivity contribution < 1.29 is 0 Å². The van der Waals surface area contributed by atoms with Crippen LogP contribution in [0.25, 0.3) is 0 Å². The van der Waals surface area contributed by atoms with Gasteiger partial charge in [-0.05, 0) is 38.6 Å². The maximum Gasteiger partial charge on any atom is 0.00674 e. The molecule has 2 unspecified atom stereocenters. The van der Waals surface area contributed by atoms with Gasteiger partial charge in [-0.25, -0.2) is 0 Å². The second kappa shape index (κ2) is 8.05. The number of hydrogen-bond acceptors (Lipinski definition) is 1. The predicted molar refractivity (Wildman–Crippen MR) is 65.5 cm³/mol. The molecule has 0 aromatic heterocycles. The summed E-state index contributed by atoms with van der Waals surface area (Å²) in [5, 5.41) is 3.61. The van der Waals surface area contributed by atoms with Gasteiger partial charge in [0.25, 0.3) is 0 Å². The van der Waals surface area contributed by atoms with Crippen molar-refractivity contribution in [1.82, 2.24) is 5.32 Å². The smallest absolute Gasteiger partial charge is 0.00674 e. The molecule has 0 saturated carbocycles. The van der Waals surface area contributed by atoms with Crippen molar-refractivity contribution in [3.63, 3.8) is 0 Å². The van der Waals surface area contributed by atoms with Crippen LogP contribution in [0.1, 0.15) is 47.5 Å². The summed E-state index contributed by atoms with van der Waals surface area (Å²) in [6.07, 6.45) is 6.85. The third-order valence-electron chi connectivity index (χ3n) is 3.08. The van der Waals surface area contributed by atoms with E-state index in [9.17, 15) is 0 Å². The predicted octanol–water partition coefficient (Wildman–Crippen LogP) is 3.61. The van der Waals surface area contributed by atoms with Crippen molar-refractivity contribution >= 4 is 0 Å². The van der Waals surface area contributed by atoms with Crippen LogP contribution in [0, 0.1) is 11.8 Å². The van der Waals surface area contributed by atoms with E-state index in [1.54, 1.807) is 0 Å². The zero-order valence-corrected chi connectivity index (χ0v) is 10.5. The SMILES string of the molecule is C/C=C\CC(C)C(C)NC[C@@H](C)CC. The van der Waals surface area contributed by atoms with E-state index in [2.05, 4.69) is 52.1 Å². The van der Waals surface area contributed by atoms with Crippen LogP contribution >= 0.6 is 0 Å². The fourth-order valence-corrected chi connectivity index (χ4v) is 1.29. The zero-order valence-electron chi connectivity index (χ0n) is 10.5. The van der Waals surface area contributed by atoms with Gasteiger partial charge in [-0.3, -0.25) is 0 Å². The molecule has 0 saturated heterocycles. The second-order valence-electron chi connectivity index (χ2n) is 4.49. The van der Waals surface area contributed by atoms with E-state index in [1.807, 2.05) is 0 Å². The summed E-state index contributed by atoms with van der Waals surface area (Å²) in [7, 11) is 0. The van der Waals surface area contributed by atoms with Gasteiger partial charge in [-0.1, -0.05) is 39.3 Å². The van der Waals surface area contributed by atoms with Gasteiger partial charge in [0.1, 0.15) is 0 Å². The van der Waals surface area contributed by atoms with Crippen LogP contribution in [0.3, 0.4) is 0 Å². The average molecular weight is 197 g/mol. The van der Waals surface area contributed by atoms with Gasteiger partial charge in [-0.2, -0.15) is 0 Å². The fourth-order valence-electron chi connectivity index (χ4n) is 1.29. The van der Waals surface area contributed by atoms with E-state index in [4.69, 9.17) is 0 Å². The van der Waals surface area contributed by atoms with Crippen molar-refractivity contribution in [1.29, 1.82) is 0 Å². The monoisotopic (exact) mass is 197 g/mol. The van der Waals surface area contributed by atoms with Gasteiger partial charge in [0.05, 0.1) is 0 Å². The standard InChI is InChI=1S/C13H27N/c1-6-8-9-12(4)13(5)14-10-11(3)7-2/h6,8,11-14H,7,9-10H2,1-5H3/b8-6-/t11-,12?,13?/m0/s1. The van der Waals surface area contributed by atoms with Crippen LogP contribution in [0.4, 0.5) is 0 Å². The Morgan fingerprint density at radius 2 is 1.86 bits per heavy atom. The van der Waals surface area contributed by atoms with Crippen LogP contribution < -0.4 is 5.32 Å². The van der Waals surface area contributed by atoms with E-state index in [-0.39, 0.29) is 0 Å². The Morgan fingerprint density at radius 1 is 1.21 bits per heavy atom. The highest BCUT2D eigenvalue weighted by Gasteiger charge is 2.10. The third-order valence-corrected chi connectivity index (χ3v) is 3.08. The first kappa shape index (κ1) is 13.7. The van der Waals surface area contributed by atoms with Gasteiger partial charge < -0.3 is 5.32 Å². The van der Waals surface area contributed by atoms with Crippen molar-refractivity contribution in [3.8, 4) is 0 Å². The van der Waals surface area contributed by atoms with E-state index < -0.39 is 0 Å². The topological polar surface area (TPSA) is 12.0 Å². The molecule has 0 aromatic carbocycles. The molecular formula is C13H27N. The molecule has 0 aromatic rings. The molecule has 1 nitrogen and oxygen atoms in total. The molecule has 84 valence electrons. The van der Waals surface area contributed by atoms with Crippen LogP contribution in [-0.2, 0) is 0 Å². The molecule has 0 aliphatic heterocycles. The first-order valence-corrected chi connectivity index (χ1v) is 5.96. The van der Waals surface area contributed by atoms with E-state index in [0.717, 1.165) is 18.4 Å². The number of nitrogens with one attached hydrogen (secondary N) is 1. The molecule has 0 fully saturated rings. The average Bonchev–Trinajstić information content (AvgIpc) is 2.21. The minimum Gasteiger partial charge on any atom is -0.314 e. The molecule has 3 atom stereocenters. The second-order valence-corrected chi connectivity index (χ2v) is 4.49. The van der Waals surface area contributed by atoms with Crippen LogP contribution in [0.2, 0.25) is 0 Å². The quantitative estimate of drug-likeness (QED) is 0.615. The summed E-state index contributed by atoms with van der Waals surface area (Å²) in [5.74, 6) is 1.53. The number of rotatable bonds is 7. The molecule has 0 heterocycles. The van der Waals surface area contributed by atoms with Crippen molar-refractivity contribution in [3.05, 3.63) is 12.2 Å². The largest absolute Gasteiger partial charge is 0.314 e. The van der Waals surface area contributed by atoms with Gasteiger partial charge in [0.15, 0.2) is 0 Å². The number of allylic oxidation sites excluding steroid dienone is 2. The lowest BCUT2D eigenvalue weighted by molar-refractivity contribution is 0.371. The molecule has 0 radical (unpaired) electrons. The van der Waals surface area contributed by atoms with Crippen molar-refractivity contribution in [2.24, 2.45) is 11.8 Å². The van der Waals surface area contributed by atoms with Crippen molar-refractivity contribution in [2.45, 2.75) is 53.5 Å². The molecule has 0 aliphatic carbocycles. The first-order valence-electron chi connectivity index (χ1n) is 5.96. The molecule has 0 bridgehead atoms. The molecule has 0 spiro atoms. The maximum absolute atomic E-state index is 3.61. The fraction of sp³-hybridized carbons (Fsp3) is 0.846. The molecule has 14 heavy (non-hydrogen) atoms. The lowest BCUT2D eigenvalue weighted by Gasteiger charge is -2.22. The first-order chi connectivity index (χ1) is 6.61. The number of hydrogen-bond donors (Lipinski definition) is 1. The summed E-state index contributed by atoms with van der Waals surface area (Å²) in [6.45, 7) is 12.4. The van der Waals surface area contributed by atoms with Crippen LogP contribution in [0.5, 0.6) is 0 Å². The molecular weight excluding hydrogens is 170 g/mol. The Balaban J connectivity index is 3.66. The third kappa shape index (κ3) is 6.20. The van der Waals surface area contributed by atoms with E-state index in [1.165, 1.54) is 12.8 Å². The van der Waals surface area contributed by atoms with Crippen LogP contribution in [-0.4, -0.2) is 12.6 Å². The summed E-state index contributed by atoms with van der Waals surface area (Å²) < 4.78 is 0. The van der Waals surface area contributed by atoms with E-state index in [0.29, 0.717) is 6.04 Å². The Morgan fingerprint density at radius 3 is 2.36 bits per heavy atom. The minimum absolute atomic E-state index is 0.625.